The second-order valence-electron chi connectivity index (χ2n) is 16.2. The minimum absolute atomic E-state index is 0.00787. The summed E-state index contributed by atoms with van der Waals surface area (Å²) in [5, 5.41) is 9.18. The van der Waals surface area contributed by atoms with E-state index in [0.717, 1.165) is 29.9 Å². The molecule has 7 rings (SSSR count). The summed E-state index contributed by atoms with van der Waals surface area (Å²) in [5.41, 5.74) is 6.40. The van der Waals surface area contributed by atoms with Gasteiger partial charge >= 0.3 is 6.18 Å². The number of ether oxygens (including phenoxy) is 3. The van der Waals surface area contributed by atoms with Crippen molar-refractivity contribution in [2.45, 2.75) is 70.6 Å². The minimum atomic E-state index is -4.56. The zero-order valence-corrected chi connectivity index (χ0v) is 35.3. The van der Waals surface area contributed by atoms with Crippen molar-refractivity contribution in [2.75, 3.05) is 63.4 Å². The van der Waals surface area contributed by atoms with Gasteiger partial charge < -0.3 is 35.5 Å². The lowest BCUT2D eigenvalue weighted by Crippen LogP contribution is -2.54. The Hall–Kier alpha value is -6.50. The van der Waals surface area contributed by atoms with Crippen LogP contribution in [0.25, 0.3) is 10.9 Å². The predicted octanol–water partition coefficient (Wildman–Crippen LogP) is 5.65. The van der Waals surface area contributed by atoms with Crippen LogP contribution >= 0.6 is 0 Å². The maximum Gasteiger partial charge on any atom is 0.416 e. The maximum atomic E-state index is 13.5. The number of nitrogens with two attached hydrogens (primary N) is 1. The maximum absolute atomic E-state index is 13.5. The number of alkyl halides is 3. The number of carbonyl (C=O) groups is 5. The van der Waals surface area contributed by atoms with E-state index in [9.17, 15) is 37.1 Å². The summed E-state index contributed by atoms with van der Waals surface area (Å²) in [7, 11) is 3.25. The zero-order chi connectivity index (χ0) is 45.2. The molecule has 2 aliphatic heterocycles. The number of imide groups is 2. The highest BCUT2D eigenvalue weighted by Gasteiger charge is 2.46. The van der Waals surface area contributed by atoms with E-state index in [4.69, 9.17) is 19.9 Å². The van der Waals surface area contributed by atoms with Crippen LogP contribution in [0.5, 0.6) is 11.5 Å². The molecule has 2 fully saturated rings. The van der Waals surface area contributed by atoms with Gasteiger partial charge in [-0.2, -0.15) is 13.2 Å². The van der Waals surface area contributed by atoms with Crippen LogP contribution in [0.3, 0.4) is 0 Å². The van der Waals surface area contributed by atoms with E-state index in [1.54, 1.807) is 50.1 Å². The second kappa shape index (κ2) is 18.1. The second-order valence-corrected chi connectivity index (χ2v) is 16.2. The SMILES string of the molecule is COc1cc2nc(C)nc(N[C@H](C)c3cc(N)cc(C(F)(F)F)c3)c2cc1OCC1(CN(C)C(=O)CCOCCCNc2cccc3c2C(=O)N(C2CCC(=O)NC2=O)C3=O)CC1. The molecule has 5 N–H and O–H groups in total. The van der Waals surface area contributed by atoms with E-state index in [-0.39, 0.29) is 54.0 Å². The molecule has 1 saturated carbocycles. The van der Waals surface area contributed by atoms with Crippen LogP contribution in [0.2, 0.25) is 0 Å². The number of fused-ring (bicyclic) bond motifs is 2. The van der Waals surface area contributed by atoms with E-state index in [1.807, 2.05) is 0 Å². The number of halogens is 3. The van der Waals surface area contributed by atoms with Crippen LogP contribution in [0.15, 0.2) is 48.5 Å². The molecule has 3 aromatic carbocycles. The monoisotopic (exact) mass is 874 g/mol. The Kier molecular flexibility index (Phi) is 12.8. The third-order valence-electron chi connectivity index (χ3n) is 11.4. The molecule has 16 nitrogen and oxygen atoms in total. The number of carbonyl (C=O) groups excluding carboxylic acids is 5. The van der Waals surface area contributed by atoms with Gasteiger partial charge in [0.2, 0.25) is 17.7 Å². The number of benzene rings is 3. The number of piperidine rings is 1. The highest BCUT2D eigenvalue weighted by molar-refractivity contribution is 6.25. The predicted molar refractivity (Wildman–Crippen MR) is 225 cm³/mol. The van der Waals surface area contributed by atoms with E-state index in [2.05, 4.69) is 25.9 Å². The number of nitrogen functional groups attached to an aromatic ring is 1. The summed E-state index contributed by atoms with van der Waals surface area (Å²) in [6.07, 6.45) is -2.06. The highest BCUT2D eigenvalue weighted by atomic mass is 19.4. The lowest BCUT2D eigenvalue weighted by atomic mass is 10.0. The number of rotatable bonds is 18. The molecule has 1 saturated heterocycles. The summed E-state index contributed by atoms with van der Waals surface area (Å²) in [4.78, 5) is 75.3. The number of aryl methyl sites for hydroxylation is 1. The number of hydrogen-bond acceptors (Lipinski definition) is 13. The summed E-state index contributed by atoms with van der Waals surface area (Å²) in [5.74, 6) is -0.681. The Bertz CT molecular complexity index is 2460. The first kappa shape index (κ1) is 44.6. The Morgan fingerprint density at radius 2 is 1.84 bits per heavy atom. The molecule has 63 heavy (non-hydrogen) atoms. The standard InChI is InChI=1S/C44H49F3N8O8/c1-24(26-17-27(44(45,46)47)19-28(48)18-26)50-39-30-20-35(34(61-4)21-32(30)51-25(2)52-39)63-23-43(12-13-43)22-54(3)37(57)11-16-62-15-6-14-49-31-8-5-7-29-38(31)42(60)55(41(29)59)33-9-10-36(56)53-40(33)58/h5,7-8,17-21,24,33,49H,6,9-16,22-23,48H2,1-4H3,(H,50,51,52)(H,53,56,58)/t24-,33?/m1/s1. The average molecular weight is 875 g/mol. The fraction of sp³-hybridized carbons (Fsp3) is 0.432. The van der Waals surface area contributed by atoms with Crippen LogP contribution in [-0.2, 0) is 25.3 Å². The molecule has 0 spiro atoms. The fourth-order valence-electron chi connectivity index (χ4n) is 7.87. The first-order valence-electron chi connectivity index (χ1n) is 20.6. The molecular formula is C44H49F3N8O8. The normalized spacial score (nSPS) is 17.3. The number of methoxy groups -OCH3 is 1. The van der Waals surface area contributed by atoms with E-state index >= 15 is 0 Å². The topological polar surface area (TPSA) is 207 Å². The molecule has 5 amide bonds. The molecule has 19 heteroatoms. The minimum Gasteiger partial charge on any atom is -0.493 e. The largest absolute Gasteiger partial charge is 0.493 e. The smallest absolute Gasteiger partial charge is 0.416 e. The van der Waals surface area contributed by atoms with E-state index in [1.165, 1.54) is 19.2 Å². The Labute approximate surface area is 361 Å². The van der Waals surface area contributed by atoms with Crippen molar-refractivity contribution in [1.82, 2.24) is 25.1 Å². The lowest BCUT2D eigenvalue weighted by molar-refractivity contribution is -0.138. The van der Waals surface area contributed by atoms with Crippen molar-refractivity contribution in [3.63, 3.8) is 0 Å². The number of amides is 5. The summed E-state index contributed by atoms with van der Waals surface area (Å²) < 4.78 is 58.4. The van der Waals surface area contributed by atoms with Crippen LogP contribution in [0.4, 0.5) is 30.4 Å². The number of nitrogens with one attached hydrogen (secondary N) is 3. The van der Waals surface area contributed by atoms with Crippen molar-refractivity contribution >= 4 is 57.6 Å². The van der Waals surface area contributed by atoms with Gasteiger partial charge in [0.25, 0.3) is 11.8 Å². The molecule has 1 aromatic heterocycles. The quantitative estimate of drug-likeness (QED) is 0.0543. The van der Waals surface area contributed by atoms with Gasteiger partial charge in [-0.1, -0.05) is 6.07 Å². The Balaban J connectivity index is 0.882. The molecule has 4 aromatic rings. The van der Waals surface area contributed by atoms with Gasteiger partial charge in [-0.3, -0.25) is 34.2 Å². The molecule has 334 valence electrons. The molecule has 1 unspecified atom stereocenters. The third kappa shape index (κ3) is 9.93. The van der Waals surface area contributed by atoms with Crippen molar-refractivity contribution in [3.05, 3.63) is 76.6 Å². The van der Waals surface area contributed by atoms with Crippen LogP contribution in [-0.4, -0.2) is 102 Å². The van der Waals surface area contributed by atoms with E-state index in [0.29, 0.717) is 78.0 Å². The van der Waals surface area contributed by atoms with Gasteiger partial charge in [0, 0.05) is 61.4 Å². The van der Waals surface area contributed by atoms with Gasteiger partial charge in [0.15, 0.2) is 11.5 Å². The zero-order valence-electron chi connectivity index (χ0n) is 35.3. The van der Waals surface area contributed by atoms with Gasteiger partial charge in [0.1, 0.15) is 17.7 Å². The number of hydrogen-bond donors (Lipinski definition) is 4. The van der Waals surface area contributed by atoms with Crippen LogP contribution in [0.1, 0.15) is 89.2 Å². The van der Waals surface area contributed by atoms with Crippen molar-refractivity contribution in [2.24, 2.45) is 5.41 Å². The molecule has 0 bridgehead atoms. The average Bonchev–Trinajstić information content (AvgIpc) is 3.95. The Morgan fingerprint density at radius 3 is 2.56 bits per heavy atom. The number of anilines is 3. The summed E-state index contributed by atoms with van der Waals surface area (Å²) in [6.45, 7) is 5.13. The molecule has 3 aliphatic rings. The molecule has 2 atom stereocenters. The van der Waals surface area contributed by atoms with Crippen LogP contribution in [0, 0.1) is 12.3 Å². The van der Waals surface area contributed by atoms with Gasteiger partial charge in [-0.15, -0.1) is 0 Å². The van der Waals surface area contributed by atoms with Gasteiger partial charge in [-0.25, -0.2) is 9.97 Å². The summed E-state index contributed by atoms with van der Waals surface area (Å²) in [6, 6.07) is 10.1. The van der Waals surface area contributed by atoms with Crippen molar-refractivity contribution < 1.29 is 51.4 Å². The molecule has 1 aliphatic carbocycles. The van der Waals surface area contributed by atoms with Gasteiger partial charge in [0.05, 0.1) is 55.0 Å². The fourth-order valence-corrected chi connectivity index (χ4v) is 7.87. The summed E-state index contributed by atoms with van der Waals surface area (Å²) >= 11 is 0. The highest BCUT2D eigenvalue weighted by Crippen LogP contribution is 2.47. The van der Waals surface area contributed by atoms with Crippen molar-refractivity contribution in [1.29, 1.82) is 0 Å². The van der Waals surface area contributed by atoms with Crippen molar-refractivity contribution in [3.8, 4) is 11.5 Å². The first-order valence-corrected chi connectivity index (χ1v) is 20.6. The molecule has 3 heterocycles. The number of nitrogens with zero attached hydrogens (tertiary/aromatic N) is 4. The van der Waals surface area contributed by atoms with E-state index < -0.39 is 47.5 Å². The first-order chi connectivity index (χ1) is 30.0. The third-order valence-corrected chi connectivity index (χ3v) is 11.4. The molecular weight excluding hydrogens is 826 g/mol. The Morgan fingerprint density at radius 1 is 1.06 bits per heavy atom. The molecule has 0 radical (unpaired) electrons. The number of aromatic nitrogens is 2. The van der Waals surface area contributed by atoms with Crippen LogP contribution < -0.4 is 31.2 Å². The van der Waals surface area contributed by atoms with Gasteiger partial charge in [-0.05, 0) is 81.5 Å². The lowest BCUT2D eigenvalue weighted by Gasteiger charge is -2.27.